The Morgan fingerprint density at radius 1 is 1.05 bits per heavy atom. The summed E-state index contributed by atoms with van der Waals surface area (Å²) < 4.78 is 56.6. The summed E-state index contributed by atoms with van der Waals surface area (Å²) in [5.74, 6) is -1.32. The molecule has 0 saturated carbocycles. The lowest BCUT2D eigenvalue weighted by atomic mass is 9.88. The van der Waals surface area contributed by atoms with Crippen molar-refractivity contribution < 1.29 is 27.2 Å². The molecule has 0 spiro atoms. The molecule has 0 aliphatic carbocycles. The maximum Gasteiger partial charge on any atom is 0.435 e. The number of oxime groups is 1. The molecule has 4 rings (SSSR count). The van der Waals surface area contributed by atoms with Gasteiger partial charge in [0, 0.05) is 27.6 Å². The Labute approximate surface area is 218 Å². The summed E-state index contributed by atoms with van der Waals surface area (Å²) >= 11 is 11.8. The Balaban J connectivity index is 1.53. The van der Waals surface area contributed by atoms with Gasteiger partial charge in [-0.25, -0.2) is 4.39 Å². The van der Waals surface area contributed by atoms with E-state index in [2.05, 4.69) is 10.5 Å². The monoisotopic (exact) mass is 547 g/mol. The molecule has 0 saturated heterocycles. The van der Waals surface area contributed by atoms with Crippen LogP contribution < -0.4 is 5.32 Å². The maximum atomic E-state index is 14.3. The molecule has 1 atom stereocenters. The zero-order valence-electron chi connectivity index (χ0n) is 18.6. The van der Waals surface area contributed by atoms with Crippen molar-refractivity contribution in [2.24, 2.45) is 5.16 Å². The van der Waals surface area contributed by atoms with E-state index >= 15 is 0 Å². The highest BCUT2D eigenvalue weighted by atomic mass is 35.5. The third kappa shape index (κ3) is 5.61. The normalized spacial score (nSPS) is 17.3. The predicted molar refractivity (Wildman–Crippen MR) is 132 cm³/mol. The summed E-state index contributed by atoms with van der Waals surface area (Å²) in [6.07, 6.45) is -2.76. The second-order valence-electron chi connectivity index (χ2n) is 8.05. The number of rotatable bonds is 5. The highest BCUT2D eigenvalue weighted by Crippen LogP contribution is 2.49. The van der Waals surface area contributed by atoms with Crippen LogP contribution in [0, 0.1) is 17.1 Å². The third-order valence-corrected chi connectivity index (χ3v) is 5.95. The van der Waals surface area contributed by atoms with E-state index in [1.54, 1.807) is 0 Å². The SMILES string of the molecule is N#Cc1ccc(C(=O)Nc2cc(/C=C/C3=NOC(c4cc(Cl)cc(Cl)c4)(C(F)(F)F)C3)ccc2F)cc1. The van der Waals surface area contributed by atoms with Crippen molar-refractivity contribution in [3.63, 3.8) is 0 Å². The number of alkyl halides is 3. The summed E-state index contributed by atoms with van der Waals surface area (Å²) in [6.45, 7) is 0. The van der Waals surface area contributed by atoms with Crippen molar-refractivity contribution in [3.05, 3.63) is 105 Å². The Hall–Kier alpha value is -3.87. The number of nitrogens with zero attached hydrogens (tertiary/aromatic N) is 2. The van der Waals surface area contributed by atoms with Crippen LogP contribution in [-0.2, 0) is 10.4 Å². The van der Waals surface area contributed by atoms with Gasteiger partial charge in [-0.05, 0) is 66.2 Å². The van der Waals surface area contributed by atoms with Crippen LogP contribution in [0.2, 0.25) is 10.0 Å². The Morgan fingerprint density at radius 3 is 2.35 bits per heavy atom. The van der Waals surface area contributed by atoms with Crippen molar-refractivity contribution in [1.29, 1.82) is 5.26 Å². The van der Waals surface area contributed by atoms with Gasteiger partial charge < -0.3 is 10.2 Å². The lowest BCUT2D eigenvalue weighted by Gasteiger charge is -2.29. The second-order valence-corrected chi connectivity index (χ2v) is 8.92. The molecule has 188 valence electrons. The van der Waals surface area contributed by atoms with Crippen molar-refractivity contribution in [2.75, 3.05) is 5.32 Å². The fraction of sp³-hybridized carbons (Fsp3) is 0.115. The first-order chi connectivity index (χ1) is 17.5. The van der Waals surface area contributed by atoms with Crippen LogP contribution in [0.3, 0.4) is 0 Å². The van der Waals surface area contributed by atoms with E-state index in [1.165, 1.54) is 54.6 Å². The van der Waals surface area contributed by atoms with Crippen LogP contribution in [0.15, 0.2) is 71.9 Å². The van der Waals surface area contributed by atoms with E-state index in [9.17, 15) is 22.4 Å². The third-order valence-electron chi connectivity index (χ3n) is 5.52. The fourth-order valence-electron chi connectivity index (χ4n) is 3.63. The minimum atomic E-state index is -4.83. The number of carbonyl (C=O) groups excluding carboxylic acids is 1. The zero-order valence-corrected chi connectivity index (χ0v) is 20.1. The first kappa shape index (κ1) is 26.2. The van der Waals surface area contributed by atoms with Crippen LogP contribution in [-0.4, -0.2) is 17.8 Å². The molecule has 0 radical (unpaired) electrons. The number of nitriles is 1. The number of carbonyl (C=O) groups is 1. The fourth-order valence-corrected chi connectivity index (χ4v) is 4.15. The van der Waals surface area contributed by atoms with Gasteiger partial charge in [0.25, 0.3) is 11.5 Å². The number of hydrogen-bond donors (Lipinski definition) is 1. The van der Waals surface area contributed by atoms with Crippen molar-refractivity contribution in [3.8, 4) is 6.07 Å². The number of allylic oxidation sites excluding steroid dienone is 1. The maximum absolute atomic E-state index is 14.3. The molecular formula is C26H15Cl2F4N3O2. The molecule has 3 aromatic rings. The molecular weight excluding hydrogens is 533 g/mol. The summed E-state index contributed by atoms with van der Waals surface area (Å²) in [4.78, 5) is 17.4. The van der Waals surface area contributed by atoms with Gasteiger partial charge in [-0.15, -0.1) is 0 Å². The minimum absolute atomic E-state index is 0.0145. The van der Waals surface area contributed by atoms with Crippen molar-refractivity contribution >= 4 is 46.6 Å². The first-order valence-electron chi connectivity index (χ1n) is 10.6. The molecule has 5 nitrogen and oxygen atoms in total. The summed E-state index contributed by atoms with van der Waals surface area (Å²) in [7, 11) is 0. The Morgan fingerprint density at radius 2 is 1.73 bits per heavy atom. The molecule has 1 heterocycles. The van der Waals surface area contributed by atoms with Gasteiger partial charge >= 0.3 is 6.18 Å². The largest absolute Gasteiger partial charge is 0.435 e. The molecule has 1 amide bonds. The van der Waals surface area contributed by atoms with Crippen LogP contribution in [0.4, 0.5) is 23.2 Å². The van der Waals surface area contributed by atoms with E-state index < -0.39 is 29.9 Å². The smallest absolute Gasteiger partial charge is 0.374 e. The predicted octanol–water partition coefficient (Wildman–Crippen LogP) is 7.50. The van der Waals surface area contributed by atoms with E-state index in [1.807, 2.05) is 6.07 Å². The van der Waals surface area contributed by atoms with Crippen LogP contribution in [0.25, 0.3) is 6.08 Å². The Bertz CT molecular complexity index is 1440. The molecule has 11 heteroatoms. The van der Waals surface area contributed by atoms with Gasteiger partial charge in [-0.2, -0.15) is 18.4 Å². The molecule has 0 fully saturated rings. The van der Waals surface area contributed by atoms with E-state index in [4.69, 9.17) is 33.3 Å². The zero-order chi connectivity index (χ0) is 26.8. The van der Waals surface area contributed by atoms with E-state index in [0.29, 0.717) is 11.1 Å². The van der Waals surface area contributed by atoms with Gasteiger partial charge in [0.2, 0.25) is 0 Å². The summed E-state index contributed by atoms with van der Waals surface area (Å²) in [5, 5.41) is 14.9. The number of amides is 1. The number of nitrogens with one attached hydrogen (secondary N) is 1. The van der Waals surface area contributed by atoms with Crippen LogP contribution >= 0.6 is 23.2 Å². The van der Waals surface area contributed by atoms with Gasteiger partial charge in [-0.1, -0.05) is 40.5 Å². The van der Waals surface area contributed by atoms with E-state index in [-0.39, 0.29) is 32.6 Å². The van der Waals surface area contributed by atoms with Crippen LogP contribution in [0.1, 0.15) is 33.5 Å². The first-order valence-corrected chi connectivity index (χ1v) is 11.3. The van der Waals surface area contributed by atoms with Gasteiger partial charge in [0.05, 0.1) is 23.0 Å². The van der Waals surface area contributed by atoms with Crippen molar-refractivity contribution in [1.82, 2.24) is 0 Å². The number of hydrogen-bond acceptors (Lipinski definition) is 4. The molecule has 1 aliphatic heterocycles. The molecule has 0 bridgehead atoms. The van der Waals surface area contributed by atoms with Crippen molar-refractivity contribution in [2.45, 2.75) is 18.2 Å². The summed E-state index contributed by atoms with van der Waals surface area (Å²) in [5.41, 5.74) is -2.28. The second kappa shape index (κ2) is 10.2. The highest BCUT2D eigenvalue weighted by Gasteiger charge is 2.62. The topological polar surface area (TPSA) is 74.5 Å². The average Bonchev–Trinajstić information content (AvgIpc) is 3.30. The number of anilines is 1. The molecule has 1 aliphatic rings. The lowest BCUT2D eigenvalue weighted by Crippen LogP contribution is -2.42. The number of halogens is 6. The van der Waals surface area contributed by atoms with Gasteiger partial charge in [0.1, 0.15) is 5.82 Å². The molecule has 37 heavy (non-hydrogen) atoms. The molecule has 1 unspecified atom stereocenters. The standard InChI is InChI=1S/C26H15Cl2F4N3O2/c27-19-10-18(11-20(28)12-19)25(26(30,31)32)13-21(35-37-25)7-3-15-4-8-22(29)23(9-15)34-24(36)17-5-1-16(14-33)2-6-17/h1-12H,13H2,(H,34,36)/b7-3+. The lowest BCUT2D eigenvalue weighted by molar-refractivity contribution is -0.275. The summed E-state index contributed by atoms with van der Waals surface area (Å²) in [6, 6.07) is 15.0. The molecule has 1 N–H and O–H groups in total. The molecule has 0 aromatic heterocycles. The van der Waals surface area contributed by atoms with Crippen LogP contribution in [0.5, 0.6) is 0 Å². The minimum Gasteiger partial charge on any atom is -0.374 e. The van der Waals surface area contributed by atoms with E-state index in [0.717, 1.165) is 18.2 Å². The van der Waals surface area contributed by atoms with Gasteiger partial charge in [-0.3, -0.25) is 4.79 Å². The average molecular weight is 548 g/mol. The Kier molecular flexibility index (Phi) is 7.25. The highest BCUT2D eigenvalue weighted by molar-refractivity contribution is 6.34. The molecule has 3 aromatic carbocycles. The number of benzene rings is 3. The quantitative estimate of drug-likeness (QED) is 0.336. The van der Waals surface area contributed by atoms with Gasteiger partial charge in [0.15, 0.2) is 0 Å².